The van der Waals surface area contributed by atoms with E-state index >= 15 is 0 Å². The first-order chi connectivity index (χ1) is 15.3. The van der Waals surface area contributed by atoms with Crippen molar-refractivity contribution in [3.63, 3.8) is 0 Å². The van der Waals surface area contributed by atoms with Crippen molar-refractivity contribution in [1.82, 2.24) is 4.31 Å². The molecule has 0 bridgehead atoms. The number of carbonyl (C=O) groups excluding carboxylic acids is 1. The topological polar surface area (TPSA) is 66.5 Å². The molecule has 1 aliphatic carbocycles. The third-order valence-electron chi connectivity index (χ3n) is 7.03. The number of aryl methyl sites for hydroxylation is 2. The van der Waals surface area contributed by atoms with Gasteiger partial charge in [-0.3, -0.25) is 4.79 Å². The summed E-state index contributed by atoms with van der Waals surface area (Å²) in [7, 11) is -3.53. The normalized spacial score (nSPS) is 19.1. The van der Waals surface area contributed by atoms with Crippen molar-refractivity contribution < 1.29 is 13.2 Å². The van der Waals surface area contributed by atoms with Gasteiger partial charge >= 0.3 is 0 Å². The maximum Gasteiger partial charge on any atom is 0.243 e. The number of anilines is 1. The number of nitrogens with zero attached hydrogens (tertiary/aromatic N) is 1. The van der Waals surface area contributed by atoms with Crippen molar-refractivity contribution in [2.75, 3.05) is 18.4 Å². The van der Waals surface area contributed by atoms with Crippen molar-refractivity contribution in [2.24, 2.45) is 5.92 Å². The molecule has 0 atom stereocenters. The maximum absolute atomic E-state index is 13.1. The van der Waals surface area contributed by atoms with E-state index in [4.69, 9.17) is 0 Å². The van der Waals surface area contributed by atoms with Crippen LogP contribution >= 0.6 is 0 Å². The maximum atomic E-state index is 13.1. The lowest BCUT2D eigenvalue weighted by molar-refractivity contribution is -0.120. The van der Waals surface area contributed by atoms with Gasteiger partial charge in [-0.1, -0.05) is 49.1 Å². The predicted molar refractivity (Wildman–Crippen MR) is 128 cm³/mol. The number of hydrogen-bond acceptors (Lipinski definition) is 3. The minimum atomic E-state index is -3.53. The molecule has 0 radical (unpaired) electrons. The van der Waals surface area contributed by atoms with E-state index in [2.05, 4.69) is 17.4 Å². The van der Waals surface area contributed by atoms with Crippen LogP contribution in [0, 0.1) is 19.8 Å². The first-order valence-corrected chi connectivity index (χ1v) is 13.3. The predicted octanol–water partition coefficient (Wildman–Crippen LogP) is 5.39. The summed E-state index contributed by atoms with van der Waals surface area (Å²) in [6.07, 6.45) is 7.55. The summed E-state index contributed by atoms with van der Waals surface area (Å²) in [5.41, 5.74) is 4.00. The lowest BCUT2D eigenvalue weighted by Crippen LogP contribution is -2.41. The molecule has 1 saturated heterocycles. The van der Waals surface area contributed by atoms with Gasteiger partial charge in [0.25, 0.3) is 0 Å². The van der Waals surface area contributed by atoms with Gasteiger partial charge in [0.05, 0.1) is 4.90 Å². The highest BCUT2D eigenvalue weighted by Gasteiger charge is 2.32. The van der Waals surface area contributed by atoms with Crippen molar-refractivity contribution in [3.05, 3.63) is 59.2 Å². The van der Waals surface area contributed by atoms with Gasteiger partial charge < -0.3 is 5.32 Å². The van der Waals surface area contributed by atoms with Gasteiger partial charge in [0.15, 0.2) is 0 Å². The van der Waals surface area contributed by atoms with E-state index in [-0.39, 0.29) is 11.8 Å². The van der Waals surface area contributed by atoms with Gasteiger partial charge in [0.2, 0.25) is 15.9 Å². The molecule has 1 heterocycles. The molecule has 1 aliphatic heterocycles. The number of rotatable bonds is 5. The number of sulfonamides is 1. The summed E-state index contributed by atoms with van der Waals surface area (Å²) in [4.78, 5) is 13.2. The van der Waals surface area contributed by atoms with E-state index in [1.54, 1.807) is 6.07 Å². The molecule has 1 saturated carbocycles. The first-order valence-electron chi connectivity index (χ1n) is 11.8. The lowest BCUT2D eigenvalue weighted by Gasteiger charge is -2.31. The molecule has 1 amide bonds. The highest BCUT2D eigenvalue weighted by molar-refractivity contribution is 7.89. The molecule has 2 aliphatic rings. The smallest absolute Gasteiger partial charge is 0.243 e. The van der Waals surface area contributed by atoms with Crippen LogP contribution < -0.4 is 5.32 Å². The van der Waals surface area contributed by atoms with Crippen molar-refractivity contribution in [1.29, 1.82) is 0 Å². The molecule has 0 aromatic heterocycles. The zero-order valence-corrected chi connectivity index (χ0v) is 20.0. The molecule has 4 rings (SSSR count). The summed E-state index contributed by atoms with van der Waals surface area (Å²) in [6.45, 7) is 4.53. The van der Waals surface area contributed by atoms with Crippen LogP contribution in [0.15, 0.2) is 47.4 Å². The average Bonchev–Trinajstić information content (AvgIpc) is 2.80. The molecular weight excluding hydrogens is 420 g/mol. The number of piperidine rings is 1. The second-order valence-electron chi connectivity index (χ2n) is 9.39. The molecule has 32 heavy (non-hydrogen) atoms. The Kier molecular flexibility index (Phi) is 7.01. The highest BCUT2D eigenvalue weighted by Crippen LogP contribution is 2.33. The van der Waals surface area contributed by atoms with E-state index < -0.39 is 10.0 Å². The van der Waals surface area contributed by atoms with Crippen molar-refractivity contribution in [3.8, 4) is 0 Å². The molecular formula is C26H34N2O3S. The summed E-state index contributed by atoms with van der Waals surface area (Å²) in [6, 6.07) is 13.7. The summed E-state index contributed by atoms with van der Waals surface area (Å²) >= 11 is 0. The number of benzene rings is 2. The van der Waals surface area contributed by atoms with Crippen LogP contribution in [0.1, 0.15) is 67.6 Å². The molecule has 0 unspecified atom stereocenters. The monoisotopic (exact) mass is 454 g/mol. The standard InChI is InChI=1S/C26H34N2O3S/c1-19-8-13-25(20(2)18-19)32(30,31)28-16-14-23(15-17-28)26(29)27-24-11-9-22(10-12-24)21-6-4-3-5-7-21/h8-13,18,21,23H,3-7,14-17H2,1-2H3,(H,27,29). The van der Waals surface area contributed by atoms with Gasteiger partial charge in [-0.25, -0.2) is 8.42 Å². The fourth-order valence-corrected chi connectivity index (χ4v) is 6.78. The van der Waals surface area contributed by atoms with E-state index in [0.717, 1.165) is 16.8 Å². The van der Waals surface area contributed by atoms with Gasteiger partial charge in [-0.15, -0.1) is 0 Å². The molecule has 2 aromatic carbocycles. The van der Waals surface area contributed by atoms with Gasteiger partial charge in [0.1, 0.15) is 0 Å². The van der Waals surface area contributed by atoms with Gasteiger partial charge in [-0.05, 0) is 74.8 Å². The fourth-order valence-electron chi connectivity index (χ4n) is 5.11. The Bertz CT molecular complexity index is 1050. The average molecular weight is 455 g/mol. The third kappa shape index (κ3) is 5.07. The van der Waals surface area contributed by atoms with E-state index in [9.17, 15) is 13.2 Å². The zero-order valence-electron chi connectivity index (χ0n) is 19.1. The van der Waals surface area contributed by atoms with E-state index in [1.165, 1.54) is 42.0 Å². The Morgan fingerprint density at radius 3 is 2.19 bits per heavy atom. The van der Waals surface area contributed by atoms with E-state index in [0.29, 0.717) is 36.7 Å². The molecule has 0 spiro atoms. The molecule has 1 N–H and O–H groups in total. The van der Waals surface area contributed by atoms with Crippen LogP contribution in [0.4, 0.5) is 5.69 Å². The zero-order chi connectivity index (χ0) is 22.7. The van der Waals surface area contributed by atoms with Crippen LogP contribution in [0.2, 0.25) is 0 Å². The number of nitrogens with one attached hydrogen (secondary N) is 1. The largest absolute Gasteiger partial charge is 0.326 e. The van der Waals surface area contributed by atoms with Crippen molar-refractivity contribution >= 4 is 21.6 Å². The Balaban J connectivity index is 1.33. The Hall–Kier alpha value is -2.18. The Morgan fingerprint density at radius 1 is 0.906 bits per heavy atom. The van der Waals surface area contributed by atoms with Gasteiger partial charge in [0, 0.05) is 24.7 Å². The minimum absolute atomic E-state index is 0.0148. The number of carbonyl (C=O) groups is 1. The number of amides is 1. The molecule has 2 fully saturated rings. The second-order valence-corrected chi connectivity index (χ2v) is 11.3. The number of hydrogen-bond donors (Lipinski definition) is 1. The molecule has 2 aromatic rings. The van der Waals surface area contributed by atoms with Crippen LogP contribution in [-0.4, -0.2) is 31.7 Å². The lowest BCUT2D eigenvalue weighted by atomic mass is 9.84. The molecule has 5 nitrogen and oxygen atoms in total. The second kappa shape index (κ2) is 9.75. The first kappa shape index (κ1) is 23.0. The molecule has 6 heteroatoms. The molecule has 172 valence electrons. The Labute approximate surface area is 192 Å². The highest BCUT2D eigenvalue weighted by atomic mass is 32.2. The van der Waals surface area contributed by atoms with E-state index in [1.807, 2.05) is 38.1 Å². The van der Waals surface area contributed by atoms with Crippen LogP contribution in [0.3, 0.4) is 0 Å². The quantitative estimate of drug-likeness (QED) is 0.659. The summed E-state index contributed by atoms with van der Waals surface area (Å²) in [5, 5.41) is 3.04. The van der Waals surface area contributed by atoms with Crippen molar-refractivity contribution in [2.45, 2.75) is 69.6 Å². The summed E-state index contributed by atoms with van der Waals surface area (Å²) < 4.78 is 27.7. The third-order valence-corrected chi connectivity index (χ3v) is 9.09. The van der Waals surface area contributed by atoms with Gasteiger partial charge in [-0.2, -0.15) is 4.31 Å². The summed E-state index contributed by atoms with van der Waals surface area (Å²) in [5.74, 6) is 0.467. The van der Waals surface area contributed by atoms with Crippen LogP contribution in [-0.2, 0) is 14.8 Å². The fraction of sp³-hybridized carbons (Fsp3) is 0.500. The SMILES string of the molecule is Cc1ccc(S(=O)(=O)N2CCC(C(=O)Nc3ccc(C4CCCCC4)cc3)CC2)c(C)c1. The minimum Gasteiger partial charge on any atom is -0.326 e. The van der Waals surface area contributed by atoms with Crippen LogP contribution in [0.5, 0.6) is 0 Å². The Morgan fingerprint density at radius 2 is 1.56 bits per heavy atom. The van der Waals surface area contributed by atoms with Crippen LogP contribution in [0.25, 0.3) is 0 Å².